The van der Waals surface area contributed by atoms with Gasteiger partial charge in [-0.25, -0.2) is 0 Å². The van der Waals surface area contributed by atoms with Crippen molar-refractivity contribution in [3.63, 3.8) is 0 Å². The van der Waals surface area contributed by atoms with Crippen LogP contribution in [0.5, 0.6) is 0 Å². The molecule has 96 valence electrons. The summed E-state index contributed by atoms with van der Waals surface area (Å²) < 4.78 is 0. The Morgan fingerprint density at radius 1 is 1.12 bits per heavy atom. The standard InChI is InChI=1S/C15H23ClO/c1-11(2)8-12(3)9-14(17)10-13-6-4-5-7-15(13)16/h4-7,11-12,14,17H,8-10H2,1-3H3. The maximum Gasteiger partial charge on any atom is 0.0583 e. The lowest BCUT2D eigenvalue weighted by Crippen LogP contribution is -2.16. The first-order chi connectivity index (χ1) is 7.99. The minimum absolute atomic E-state index is 0.288. The molecule has 0 spiro atoms. The topological polar surface area (TPSA) is 20.2 Å². The number of hydrogen-bond acceptors (Lipinski definition) is 1. The first-order valence-electron chi connectivity index (χ1n) is 6.40. The largest absolute Gasteiger partial charge is 0.393 e. The molecule has 1 nitrogen and oxygen atoms in total. The molecule has 0 fully saturated rings. The summed E-state index contributed by atoms with van der Waals surface area (Å²) in [5.74, 6) is 1.25. The van der Waals surface area contributed by atoms with E-state index in [9.17, 15) is 5.11 Å². The smallest absolute Gasteiger partial charge is 0.0583 e. The number of hydrogen-bond donors (Lipinski definition) is 1. The Bertz CT molecular complexity index is 335. The summed E-state index contributed by atoms with van der Waals surface area (Å²) in [7, 11) is 0. The highest BCUT2D eigenvalue weighted by molar-refractivity contribution is 6.31. The molecule has 2 unspecified atom stereocenters. The van der Waals surface area contributed by atoms with Crippen molar-refractivity contribution in [1.82, 2.24) is 0 Å². The third-order valence-corrected chi connectivity index (χ3v) is 3.33. The Morgan fingerprint density at radius 2 is 1.76 bits per heavy atom. The zero-order valence-electron chi connectivity index (χ0n) is 11.0. The van der Waals surface area contributed by atoms with Gasteiger partial charge in [-0.1, -0.05) is 50.6 Å². The maximum atomic E-state index is 10.1. The highest BCUT2D eigenvalue weighted by Crippen LogP contribution is 2.21. The van der Waals surface area contributed by atoms with Crippen molar-refractivity contribution in [1.29, 1.82) is 0 Å². The van der Waals surface area contributed by atoms with Crippen LogP contribution in [0.2, 0.25) is 5.02 Å². The van der Waals surface area contributed by atoms with Gasteiger partial charge >= 0.3 is 0 Å². The Kier molecular flexibility index (Phi) is 6.01. The van der Waals surface area contributed by atoms with Crippen molar-refractivity contribution in [3.05, 3.63) is 34.9 Å². The van der Waals surface area contributed by atoms with Crippen LogP contribution in [0.15, 0.2) is 24.3 Å². The number of aliphatic hydroxyl groups excluding tert-OH is 1. The van der Waals surface area contributed by atoms with Gasteiger partial charge in [-0.05, 0) is 42.7 Å². The summed E-state index contributed by atoms with van der Waals surface area (Å²) >= 11 is 6.08. The second-order valence-electron chi connectivity index (χ2n) is 5.42. The van der Waals surface area contributed by atoms with Crippen LogP contribution in [0.4, 0.5) is 0 Å². The summed E-state index contributed by atoms with van der Waals surface area (Å²) in [6, 6.07) is 7.74. The number of benzene rings is 1. The zero-order valence-corrected chi connectivity index (χ0v) is 11.7. The molecule has 2 atom stereocenters. The molecule has 0 aliphatic heterocycles. The molecule has 0 bridgehead atoms. The minimum atomic E-state index is -0.288. The van der Waals surface area contributed by atoms with Crippen LogP contribution in [0.1, 0.15) is 39.2 Å². The molecule has 0 aliphatic carbocycles. The lowest BCUT2D eigenvalue weighted by atomic mass is 9.91. The van der Waals surface area contributed by atoms with Gasteiger partial charge in [0.15, 0.2) is 0 Å². The number of aliphatic hydroxyl groups is 1. The van der Waals surface area contributed by atoms with Crippen LogP contribution in [0.25, 0.3) is 0 Å². The highest BCUT2D eigenvalue weighted by atomic mass is 35.5. The molecule has 0 amide bonds. The van der Waals surface area contributed by atoms with Crippen molar-refractivity contribution in [2.75, 3.05) is 0 Å². The van der Waals surface area contributed by atoms with Crippen molar-refractivity contribution >= 4 is 11.6 Å². The van der Waals surface area contributed by atoms with Crippen molar-refractivity contribution in [3.8, 4) is 0 Å². The van der Waals surface area contributed by atoms with Crippen molar-refractivity contribution in [2.24, 2.45) is 11.8 Å². The quantitative estimate of drug-likeness (QED) is 0.802. The maximum absolute atomic E-state index is 10.1. The van der Waals surface area contributed by atoms with E-state index in [-0.39, 0.29) is 6.10 Å². The van der Waals surface area contributed by atoms with E-state index in [0.29, 0.717) is 18.3 Å². The van der Waals surface area contributed by atoms with E-state index >= 15 is 0 Å². The molecule has 0 radical (unpaired) electrons. The molecule has 0 heterocycles. The fraction of sp³-hybridized carbons (Fsp3) is 0.600. The Balaban J connectivity index is 2.44. The molecule has 0 saturated carbocycles. The monoisotopic (exact) mass is 254 g/mol. The fourth-order valence-electron chi connectivity index (χ4n) is 2.37. The van der Waals surface area contributed by atoms with E-state index in [4.69, 9.17) is 11.6 Å². The predicted molar refractivity (Wildman–Crippen MR) is 74.4 cm³/mol. The summed E-state index contributed by atoms with van der Waals surface area (Å²) in [4.78, 5) is 0. The molecule has 0 aromatic heterocycles. The van der Waals surface area contributed by atoms with Gasteiger partial charge in [0.05, 0.1) is 6.10 Å². The fourth-order valence-corrected chi connectivity index (χ4v) is 2.58. The van der Waals surface area contributed by atoms with Crippen LogP contribution >= 0.6 is 11.6 Å². The third kappa shape index (κ3) is 5.56. The van der Waals surface area contributed by atoms with Crippen molar-refractivity contribution in [2.45, 2.75) is 46.1 Å². The van der Waals surface area contributed by atoms with E-state index < -0.39 is 0 Å². The first-order valence-corrected chi connectivity index (χ1v) is 6.78. The molecule has 2 heteroatoms. The van der Waals surface area contributed by atoms with E-state index in [0.717, 1.165) is 17.0 Å². The molecular weight excluding hydrogens is 232 g/mol. The van der Waals surface area contributed by atoms with Crippen LogP contribution in [0, 0.1) is 11.8 Å². The van der Waals surface area contributed by atoms with Crippen LogP contribution in [-0.2, 0) is 6.42 Å². The van der Waals surface area contributed by atoms with Gasteiger partial charge in [0.1, 0.15) is 0 Å². The minimum Gasteiger partial charge on any atom is -0.393 e. The van der Waals surface area contributed by atoms with Gasteiger partial charge in [0, 0.05) is 5.02 Å². The van der Waals surface area contributed by atoms with Gasteiger partial charge in [-0.15, -0.1) is 0 Å². The van der Waals surface area contributed by atoms with Gasteiger partial charge in [-0.3, -0.25) is 0 Å². The van der Waals surface area contributed by atoms with E-state index in [1.807, 2.05) is 24.3 Å². The molecule has 1 aromatic carbocycles. The molecule has 1 N–H and O–H groups in total. The normalized spacial score (nSPS) is 14.9. The van der Waals surface area contributed by atoms with E-state index in [1.54, 1.807) is 0 Å². The summed E-state index contributed by atoms with van der Waals surface area (Å²) in [5, 5.41) is 10.8. The second-order valence-corrected chi connectivity index (χ2v) is 5.83. The summed E-state index contributed by atoms with van der Waals surface area (Å²) in [5.41, 5.74) is 1.04. The van der Waals surface area contributed by atoms with Gasteiger partial charge < -0.3 is 5.11 Å². The summed E-state index contributed by atoms with van der Waals surface area (Å²) in [6.07, 6.45) is 2.38. The molecule has 1 rings (SSSR count). The Hall–Kier alpha value is -0.530. The summed E-state index contributed by atoms with van der Waals surface area (Å²) in [6.45, 7) is 6.64. The molecule has 17 heavy (non-hydrogen) atoms. The third-order valence-electron chi connectivity index (χ3n) is 2.96. The average molecular weight is 255 g/mol. The van der Waals surface area contributed by atoms with Gasteiger partial charge in [0.2, 0.25) is 0 Å². The van der Waals surface area contributed by atoms with E-state index in [1.165, 1.54) is 6.42 Å². The Morgan fingerprint density at radius 3 is 2.35 bits per heavy atom. The van der Waals surface area contributed by atoms with Crippen molar-refractivity contribution < 1.29 is 5.11 Å². The van der Waals surface area contributed by atoms with Crippen LogP contribution in [0.3, 0.4) is 0 Å². The van der Waals surface area contributed by atoms with E-state index in [2.05, 4.69) is 20.8 Å². The lowest BCUT2D eigenvalue weighted by Gasteiger charge is -2.18. The molecule has 0 aliphatic rings. The van der Waals surface area contributed by atoms with Crippen LogP contribution < -0.4 is 0 Å². The predicted octanol–water partition coefficient (Wildman–Crippen LogP) is 4.32. The number of halogens is 1. The first kappa shape index (κ1) is 14.5. The van der Waals surface area contributed by atoms with Gasteiger partial charge in [-0.2, -0.15) is 0 Å². The molecular formula is C15H23ClO. The number of rotatable bonds is 6. The zero-order chi connectivity index (χ0) is 12.8. The Labute approximate surface area is 110 Å². The SMILES string of the molecule is CC(C)CC(C)CC(O)Cc1ccccc1Cl. The lowest BCUT2D eigenvalue weighted by molar-refractivity contribution is 0.140. The molecule has 1 aromatic rings. The molecule has 0 saturated heterocycles. The highest BCUT2D eigenvalue weighted by Gasteiger charge is 2.13. The van der Waals surface area contributed by atoms with Gasteiger partial charge in [0.25, 0.3) is 0 Å². The average Bonchev–Trinajstić information content (AvgIpc) is 2.19. The second kappa shape index (κ2) is 7.03. The van der Waals surface area contributed by atoms with Crippen LogP contribution in [-0.4, -0.2) is 11.2 Å².